The highest BCUT2D eigenvalue weighted by Crippen LogP contribution is 2.22. The van der Waals surface area contributed by atoms with E-state index in [0.29, 0.717) is 16.4 Å². The Morgan fingerprint density at radius 3 is 2.77 bits per heavy atom. The Morgan fingerprint density at radius 1 is 1.19 bits per heavy atom. The van der Waals surface area contributed by atoms with Crippen LogP contribution in [0.25, 0.3) is 0 Å². The molecular formula is C19H19N3O2S2. The predicted octanol–water partition coefficient (Wildman–Crippen LogP) is 4.44. The fourth-order valence-corrected chi connectivity index (χ4v) is 3.95. The Morgan fingerprint density at radius 2 is 2.00 bits per heavy atom. The van der Waals surface area contributed by atoms with Gasteiger partial charge in [-0.2, -0.15) is 0 Å². The molecule has 3 rings (SSSR count). The smallest absolute Gasteiger partial charge is 0.257 e. The van der Waals surface area contributed by atoms with E-state index >= 15 is 0 Å². The second-order valence-corrected chi connectivity index (χ2v) is 7.83. The van der Waals surface area contributed by atoms with E-state index in [1.807, 2.05) is 0 Å². The first-order valence-corrected chi connectivity index (χ1v) is 9.91. The summed E-state index contributed by atoms with van der Waals surface area (Å²) < 4.78 is 5.14. The molecule has 26 heavy (non-hydrogen) atoms. The van der Waals surface area contributed by atoms with Crippen molar-refractivity contribution in [1.82, 2.24) is 10.2 Å². The van der Waals surface area contributed by atoms with Crippen LogP contribution in [0, 0.1) is 6.92 Å². The van der Waals surface area contributed by atoms with E-state index in [4.69, 9.17) is 4.74 Å². The van der Waals surface area contributed by atoms with E-state index in [0.717, 1.165) is 17.2 Å². The molecule has 0 bridgehead atoms. The van der Waals surface area contributed by atoms with Crippen molar-refractivity contribution in [2.45, 2.75) is 18.2 Å². The van der Waals surface area contributed by atoms with Gasteiger partial charge in [-0.25, -0.2) is 0 Å². The maximum absolute atomic E-state index is 12.3. The van der Waals surface area contributed by atoms with Crippen molar-refractivity contribution < 1.29 is 9.53 Å². The zero-order valence-electron chi connectivity index (χ0n) is 14.6. The van der Waals surface area contributed by atoms with Gasteiger partial charge in [0.05, 0.1) is 7.11 Å². The molecular weight excluding hydrogens is 366 g/mol. The summed E-state index contributed by atoms with van der Waals surface area (Å²) in [5.74, 6) is 1.34. The molecule has 0 fully saturated rings. The molecule has 0 aliphatic carbocycles. The lowest BCUT2D eigenvalue weighted by molar-refractivity contribution is 0.102. The lowest BCUT2D eigenvalue weighted by Gasteiger charge is -2.03. The summed E-state index contributed by atoms with van der Waals surface area (Å²) in [5, 5.41) is 12.4. The Labute approximate surface area is 160 Å². The number of hydrogen-bond donors (Lipinski definition) is 1. The molecule has 1 amide bonds. The maximum Gasteiger partial charge on any atom is 0.257 e. The van der Waals surface area contributed by atoms with Crippen molar-refractivity contribution in [2.75, 3.05) is 18.2 Å². The first kappa shape index (κ1) is 18.4. The summed E-state index contributed by atoms with van der Waals surface area (Å²) in [6.07, 6.45) is 0.811. The average Bonchev–Trinajstić information content (AvgIpc) is 3.10. The molecule has 0 spiro atoms. The zero-order chi connectivity index (χ0) is 18.4. The molecule has 0 radical (unpaired) electrons. The number of amides is 1. The number of aryl methyl sites for hydroxylation is 2. The topological polar surface area (TPSA) is 64.1 Å². The summed E-state index contributed by atoms with van der Waals surface area (Å²) in [4.78, 5) is 13.5. The monoisotopic (exact) mass is 385 g/mol. The number of carbonyl (C=O) groups is 1. The van der Waals surface area contributed by atoms with Crippen LogP contribution in [0.5, 0.6) is 5.75 Å². The van der Waals surface area contributed by atoms with Crippen LogP contribution < -0.4 is 10.1 Å². The summed E-state index contributed by atoms with van der Waals surface area (Å²) in [7, 11) is 1.57. The second-order valence-electron chi connectivity index (χ2n) is 5.60. The number of anilines is 1. The van der Waals surface area contributed by atoms with E-state index in [1.54, 1.807) is 43.1 Å². The van der Waals surface area contributed by atoms with Crippen LogP contribution in [0.1, 0.15) is 20.9 Å². The van der Waals surface area contributed by atoms with E-state index < -0.39 is 0 Å². The molecule has 2 aromatic carbocycles. The summed E-state index contributed by atoms with van der Waals surface area (Å²) >= 11 is 3.19. The number of aromatic nitrogens is 2. The van der Waals surface area contributed by atoms with E-state index in [1.165, 1.54) is 21.8 Å². The van der Waals surface area contributed by atoms with Gasteiger partial charge in [-0.05, 0) is 37.3 Å². The number of benzene rings is 2. The standard InChI is InChI=1S/C19H19N3O2S2/c1-13-6-8-16(9-7-13)25-11-10-17-21-22-19(26-17)20-18(23)14-4-3-5-15(12-14)24-2/h3-9,12H,10-11H2,1-2H3,(H,20,22,23). The van der Waals surface area contributed by atoms with Gasteiger partial charge in [0.2, 0.25) is 5.13 Å². The summed E-state index contributed by atoms with van der Waals surface area (Å²) in [6, 6.07) is 15.5. The maximum atomic E-state index is 12.3. The molecule has 1 N–H and O–H groups in total. The third kappa shape index (κ3) is 5.06. The van der Waals surface area contributed by atoms with E-state index in [-0.39, 0.29) is 5.91 Å². The minimum absolute atomic E-state index is 0.222. The number of methoxy groups -OCH3 is 1. The van der Waals surface area contributed by atoms with Gasteiger partial charge in [-0.3, -0.25) is 10.1 Å². The van der Waals surface area contributed by atoms with Crippen molar-refractivity contribution in [2.24, 2.45) is 0 Å². The van der Waals surface area contributed by atoms with Crippen molar-refractivity contribution in [3.63, 3.8) is 0 Å². The number of ether oxygens (including phenoxy) is 1. The molecule has 0 saturated carbocycles. The van der Waals surface area contributed by atoms with Gasteiger partial charge in [0, 0.05) is 22.6 Å². The second kappa shape index (κ2) is 8.82. The lowest BCUT2D eigenvalue weighted by Crippen LogP contribution is -2.11. The van der Waals surface area contributed by atoms with Crippen molar-refractivity contribution in [3.05, 3.63) is 64.7 Å². The molecule has 1 heterocycles. The van der Waals surface area contributed by atoms with E-state index in [2.05, 4.69) is 46.7 Å². The minimum atomic E-state index is -0.222. The Hall–Kier alpha value is -2.38. The first-order valence-electron chi connectivity index (χ1n) is 8.11. The van der Waals surface area contributed by atoms with Crippen LogP contribution in [0.4, 0.5) is 5.13 Å². The molecule has 0 aliphatic heterocycles. The van der Waals surface area contributed by atoms with Crippen LogP contribution in [-0.2, 0) is 6.42 Å². The third-order valence-corrected chi connectivity index (χ3v) is 5.54. The molecule has 0 atom stereocenters. The van der Waals surface area contributed by atoms with Gasteiger partial charge in [-0.15, -0.1) is 22.0 Å². The third-order valence-electron chi connectivity index (χ3n) is 3.62. The van der Waals surface area contributed by atoms with Crippen LogP contribution in [0.2, 0.25) is 0 Å². The number of nitrogens with one attached hydrogen (secondary N) is 1. The number of hydrogen-bond acceptors (Lipinski definition) is 6. The molecule has 1 aromatic heterocycles. The first-order chi connectivity index (χ1) is 12.6. The number of thioether (sulfide) groups is 1. The van der Waals surface area contributed by atoms with Crippen LogP contribution in [-0.4, -0.2) is 29.0 Å². The van der Waals surface area contributed by atoms with Gasteiger partial charge in [0.15, 0.2) is 0 Å². The van der Waals surface area contributed by atoms with Gasteiger partial charge >= 0.3 is 0 Å². The molecule has 0 unspecified atom stereocenters. The van der Waals surface area contributed by atoms with Crippen LogP contribution in [0.15, 0.2) is 53.4 Å². The Kier molecular flexibility index (Phi) is 6.25. The summed E-state index contributed by atoms with van der Waals surface area (Å²) in [6.45, 7) is 2.08. The molecule has 3 aromatic rings. The zero-order valence-corrected chi connectivity index (χ0v) is 16.2. The molecule has 7 heteroatoms. The molecule has 0 saturated heterocycles. The fourth-order valence-electron chi connectivity index (χ4n) is 2.23. The SMILES string of the molecule is COc1cccc(C(=O)Nc2nnc(CCSc3ccc(C)cc3)s2)c1. The van der Waals surface area contributed by atoms with Crippen molar-refractivity contribution >= 4 is 34.1 Å². The number of carbonyl (C=O) groups excluding carboxylic acids is 1. The largest absolute Gasteiger partial charge is 0.497 e. The average molecular weight is 386 g/mol. The van der Waals surface area contributed by atoms with E-state index in [9.17, 15) is 4.79 Å². The Bertz CT molecular complexity index is 879. The normalized spacial score (nSPS) is 10.5. The van der Waals surface area contributed by atoms with Crippen LogP contribution >= 0.6 is 23.1 Å². The molecule has 134 valence electrons. The highest BCUT2D eigenvalue weighted by atomic mass is 32.2. The predicted molar refractivity (Wildman–Crippen MR) is 106 cm³/mol. The number of rotatable bonds is 7. The van der Waals surface area contributed by atoms with Gasteiger partial charge in [0.1, 0.15) is 10.8 Å². The highest BCUT2D eigenvalue weighted by Gasteiger charge is 2.11. The van der Waals surface area contributed by atoms with Crippen molar-refractivity contribution in [1.29, 1.82) is 0 Å². The highest BCUT2D eigenvalue weighted by molar-refractivity contribution is 7.99. The summed E-state index contributed by atoms with van der Waals surface area (Å²) in [5.41, 5.74) is 1.78. The van der Waals surface area contributed by atoms with Gasteiger partial charge in [-0.1, -0.05) is 35.1 Å². The van der Waals surface area contributed by atoms with Crippen molar-refractivity contribution in [3.8, 4) is 5.75 Å². The lowest BCUT2D eigenvalue weighted by atomic mass is 10.2. The minimum Gasteiger partial charge on any atom is -0.497 e. The number of nitrogens with zero attached hydrogens (tertiary/aromatic N) is 2. The van der Waals surface area contributed by atoms with Crippen LogP contribution in [0.3, 0.4) is 0 Å². The molecule has 5 nitrogen and oxygen atoms in total. The van der Waals surface area contributed by atoms with Gasteiger partial charge in [0.25, 0.3) is 5.91 Å². The molecule has 0 aliphatic rings. The Balaban J connectivity index is 1.52. The van der Waals surface area contributed by atoms with Gasteiger partial charge < -0.3 is 4.74 Å². The quantitative estimate of drug-likeness (QED) is 0.609. The fraction of sp³-hybridized carbons (Fsp3) is 0.211.